The van der Waals surface area contributed by atoms with E-state index in [0.717, 1.165) is 24.2 Å². The predicted octanol–water partition coefficient (Wildman–Crippen LogP) is 8.03. The summed E-state index contributed by atoms with van der Waals surface area (Å²) in [5, 5.41) is 14.7. The first-order valence-corrected chi connectivity index (χ1v) is 12.0. The number of nitrogens with one attached hydrogen (secondary N) is 1. The van der Waals surface area contributed by atoms with Gasteiger partial charge in [0.05, 0.1) is 0 Å². The zero-order valence-electron chi connectivity index (χ0n) is 19.5. The first-order valence-electron chi connectivity index (χ1n) is 10.7. The molecule has 1 amide bonds. The van der Waals surface area contributed by atoms with Gasteiger partial charge in [-0.15, -0.1) is 11.3 Å². The minimum absolute atomic E-state index is 0.0427. The third kappa shape index (κ3) is 10.2. The Morgan fingerprint density at radius 1 is 1.19 bits per heavy atom. The molecular weight excluding hydrogens is 446 g/mol. The number of thiophene rings is 1. The van der Waals surface area contributed by atoms with Crippen LogP contribution in [0.1, 0.15) is 64.2 Å². The number of aromatic carboxylic acids is 1. The Morgan fingerprint density at radius 2 is 1.78 bits per heavy atom. The molecule has 0 radical (unpaired) electrons. The van der Waals surface area contributed by atoms with Gasteiger partial charge in [-0.2, -0.15) is 0 Å². The number of rotatable bonds is 9. The van der Waals surface area contributed by atoms with Crippen LogP contribution in [0.3, 0.4) is 0 Å². The lowest BCUT2D eigenvalue weighted by atomic mass is 10.0. The van der Waals surface area contributed by atoms with Crippen LogP contribution in [0, 0.1) is 0 Å². The highest BCUT2D eigenvalue weighted by Gasteiger charge is 2.21. The summed E-state index contributed by atoms with van der Waals surface area (Å²) in [6, 6.07) is 6.85. The van der Waals surface area contributed by atoms with Gasteiger partial charge >= 0.3 is 5.97 Å². The molecule has 0 aliphatic rings. The number of carboxylic acids is 1. The van der Waals surface area contributed by atoms with E-state index in [9.17, 15) is 14.7 Å². The van der Waals surface area contributed by atoms with Crippen molar-refractivity contribution in [3.05, 3.63) is 64.7 Å². The quantitative estimate of drug-likeness (QED) is 0.282. The standard InChI is InChI=1S/C20H20ClNO4S.C3H8.C2H6/c1-3-5-6-15(4-2)26-11-17(23)22-19-18(20(24)25)16(12-27-19)13-7-9-14(21)10-8-13;1-3-2;1-2/h4,6-10,12H,2-3,5,11H2,1H3,(H,22,23)(H,24,25);3H2,1-2H3;1-2H3/b15-6+;;. The number of unbranched alkanes of at least 4 members (excludes halogenated alkanes) is 1. The summed E-state index contributed by atoms with van der Waals surface area (Å²) >= 11 is 7.03. The second-order valence-corrected chi connectivity index (χ2v) is 7.62. The molecule has 0 spiro atoms. The van der Waals surface area contributed by atoms with E-state index in [0.29, 0.717) is 21.9 Å². The average Bonchev–Trinajstić information content (AvgIpc) is 3.20. The van der Waals surface area contributed by atoms with Crippen LogP contribution >= 0.6 is 22.9 Å². The van der Waals surface area contributed by atoms with Gasteiger partial charge in [-0.3, -0.25) is 4.79 Å². The van der Waals surface area contributed by atoms with Crippen molar-refractivity contribution in [2.24, 2.45) is 0 Å². The topological polar surface area (TPSA) is 75.6 Å². The first kappa shape index (κ1) is 29.4. The molecule has 2 rings (SSSR count). The minimum Gasteiger partial charge on any atom is -0.484 e. The molecule has 7 heteroatoms. The van der Waals surface area contributed by atoms with Crippen molar-refractivity contribution in [2.75, 3.05) is 11.9 Å². The van der Waals surface area contributed by atoms with Crippen LogP contribution in [0.4, 0.5) is 5.00 Å². The molecule has 0 unspecified atom stereocenters. The zero-order chi connectivity index (χ0) is 24.5. The van der Waals surface area contributed by atoms with Gasteiger partial charge in [-0.05, 0) is 36.3 Å². The average molecular weight is 480 g/mol. The van der Waals surface area contributed by atoms with Crippen LogP contribution in [0.25, 0.3) is 11.1 Å². The molecule has 1 aromatic heterocycles. The van der Waals surface area contributed by atoms with Gasteiger partial charge < -0.3 is 15.2 Å². The second kappa shape index (κ2) is 17.0. The van der Waals surface area contributed by atoms with Crippen molar-refractivity contribution in [3.63, 3.8) is 0 Å². The number of carbonyl (C=O) groups excluding carboxylic acids is 1. The van der Waals surface area contributed by atoms with E-state index in [1.807, 2.05) is 26.8 Å². The Hall–Kier alpha value is -2.57. The molecule has 0 atom stereocenters. The monoisotopic (exact) mass is 479 g/mol. The van der Waals surface area contributed by atoms with Crippen molar-refractivity contribution in [2.45, 2.75) is 53.9 Å². The van der Waals surface area contributed by atoms with E-state index < -0.39 is 11.9 Å². The fourth-order valence-corrected chi connectivity index (χ4v) is 3.41. The number of carbonyl (C=O) groups is 2. The van der Waals surface area contributed by atoms with Gasteiger partial charge in [0.2, 0.25) is 0 Å². The molecule has 1 heterocycles. The molecule has 0 aliphatic carbocycles. The third-order valence-electron chi connectivity index (χ3n) is 3.62. The highest BCUT2D eigenvalue weighted by Crippen LogP contribution is 2.36. The maximum Gasteiger partial charge on any atom is 0.339 e. The largest absolute Gasteiger partial charge is 0.484 e. The Kier molecular flexibility index (Phi) is 15.7. The SMILES string of the molecule is C=C/C(=C\CCC)OCC(=O)Nc1scc(-c2ccc(Cl)cc2)c1C(=O)O.CC.CCC. The van der Waals surface area contributed by atoms with Crippen molar-refractivity contribution < 1.29 is 19.4 Å². The smallest absolute Gasteiger partial charge is 0.339 e. The second-order valence-electron chi connectivity index (χ2n) is 6.31. The first-order chi connectivity index (χ1) is 15.4. The lowest BCUT2D eigenvalue weighted by Gasteiger charge is -2.08. The summed E-state index contributed by atoms with van der Waals surface area (Å²) in [4.78, 5) is 23.9. The number of hydrogen-bond acceptors (Lipinski definition) is 4. The molecule has 32 heavy (non-hydrogen) atoms. The van der Waals surface area contributed by atoms with Crippen molar-refractivity contribution in [3.8, 4) is 11.1 Å². The number of ether oxygens (including phenoxy) is 1. The van der Waals surface area contributed by atoms with Crippen LogP contribution in [0.5, 0.6) is 0 Å². The van der Waals surface area contributed by atoms with E-state index in [1.165, 1.54) is 12.5 Å². The number of halogens is 1. The lowest BCUT2D eigenvalue weighted by molar-refractivity contribution is -0.119. The van der Waals surface area contributed by atoms with Gasteiger partial charge in [0.1, 0.15) is 16.3 Å². The molecule has 0 aliphatic heterocycles. The highest BCUT2D eigenvalue weighted by molar-refractivity contribution is 7.15. The molecule has 2 N–H and O–H groups in total. The molecule has 0 bridgehead atoms. The van der Waals surface area contributed by atoms with E-state index in [4.69, 9.17) is 16.3 Å². The molecule has 5 nitrogen and oxygen atoms in total. The summed E-state index contributed by atoms with van der Waals surface area (Å²) in [7, 11) is 0. The summed E-state index contributed by atoms with van der Waals surface area (Å²) < 4.78 is 5.41. The maximum absolute atomic E-state index is 12.2. The number of allylic oxidation sites excluding steroid dienone is 2. The fraction of sp³-hybridized carbons (Fsp3) is 0.360. The van der Waals surface area contributed by atoms with E-state index in [1.54, 1.807) is 29.6 Å². The van der Waals surface area contributed by atoms with Gasteiger partial charge in [-0.1, -0.05) is 77.8 Å². The maximum atomic E-state index is 12.2. The summed E-state index contributed by atoms with van der Waals surface area (Å²) in [6.07, 6.45) is 6.42. The van der Waals surface area contributed by atoms with Crippen molar-refractivity contribution >= 4 is 39.8 Å². The van der Waals surface area contributed by atoms with Crippen LogP contribution < -0.4 is 5.32 Å². The molecule has 1 aromatic carbocycles. The van der Waals surface area contributed by atoms with Crippen molar-refractivity contribution in [1.82, 2.24) is 0 Å². The van der Waals surface area contributed by atoms with Gasteiger partial charge in [0.25, 0.3) is 5.91 Å². The zero-order valence-corrected chi connectivity index (χ0v) is 21.1. The Bertz CT molecular complexity index is 873. The predicted molar refractivity (Wildman–Crippen MR) is 137 cm³/mol. The van der Waals surface area contributed by atoms with Crippen LogP contribution in [0.15, 0.2) is 54.1 Å². The summed E-state index contributed by atoms with van der Waals surface area (Å²) in [5.74, 6) is -1.03. The van der Waals surface area contributed by atoms with Crippen LogP contribution in [0.2, 0.25) is 5.02 Å². The Morgan fingerprint density at radius 3 is 2.28 bits per heavy atom. The molecule has 0 saturated heterocycles. The Balaban J connectivity index is 0.00000177. The number of hydrogen-bond donors (Lipinski definition) is 2. The van der Waals surface area contributed by atoms with Gasteiger partial charge in [-0.25, -0.2) is 4.79 Å². The third-order valence-corrected chi connectivity index (χ3v) is 4.77. The number of amides is 1. The molecule has 0 saturated carbocycles. The van der Waals surface area contributed by atoms with E-state index in [2.05, 4.69) is 25.7 Å². The lowest BCUT2D eigenvalue weighted by Crippen LogP contribution is -2.18. The number of benzene rings is 1. The highest BCUT2D eigenvalue weighted by atomic mass is 35.5. The van der Waals surface area contributed by atoms with Crippen LogP contribution in [-0.2, 0) is 9.53 Å². The summed E-state index contributed by atoms with van der Waals surface area (Å²) in [5.41, 5.74) is 1.28. The molecule has 0 fully saturated rings. The van der Waals surface area contributed by atoms with Gasteiger partial charge in [0, 0.05) is 16.0 Å². The number of carboxylic acid groups (broad SMARTS) is 1. The van der Waals surface area contributed by atoms with Crippen LogP contribution in [-0.4, -0.2) is 23.6 Å². The molecule has 2 aromatic rings. The number of anilines is 1. The minimum atomic E-state index is -1.12. The normalized spacial score (nSPS) is 10.1. The fourth-order valence-electron chi connectivity index (χ4n) is 2.30. The van der Waals surface area contributed by atoms with Gasteiger partial charge in [0.15, 0.2) is 6.61 Å². The van der Waals surface area contributed by atoms with E-state index in [-0.39, 0.29) is 17.2 Å². The Labute approximate surface area is 200 Å². The molecule has 176 valence electrons. The van der Waals surface area contributed by atoms with Crippen molar-refractivity contribution in [1.29, 1.82) is 0 Å². The summed E-state index contributed by atoms with van der Waals surface area (Å²) in [6.45, 7) is 13.7. The molecular formula is C25H34ClNO4S. The van der Waals surface area contributed by atoms with E-state index >= 15 is 0 Å².